The van der Waals surface area contributed by atoms with Crippen LogP contribution in [0.1, 0.15) is 12.6 Å². The van der Waals surface area contributed by atoms with Crippen LogP contribution < -0.4 is 5.32 Å². The molecule has 0 saturated heterocycles. The molecule has 0 aliphatic rings. The molecule has 0 bridgehead atoms. The van der Waals surface area contributed by atoms with Crippen LogP contribution in [-0.4, -0.2) is 33.7 Å². The summed E-state index contributed by atoms with van der Waals surface area (Å²) in [5.74, 6) is 0. The quantitative estimate of drug-likeness (QED) is 0.885. The van der Waals surface area contributed by atoms with Gasteiger partial charge in [-0.2, -0.15) is 18.3 Å². The van der Waals surface area contributed by atoms with Crippen LogP contribution in [0, 0.1) is 0 Å². The van der Waals surface area contributed by atoms with Crippen LogP contribution in [0.15, 0.2) is 24.3 Å². The molecule has 0 spiro atoms. The number of aromatic nitrogens is 2. The smallest absolute Gasteiger partial charge is 0.382 e. The number of rotatable bonds is 5. The van der Waals surface area contributed by atoms with E-state index in [2.05, 4.69) is 10.4 Å². The fourth-order valence-electron chi connectivity index (χ4n) is 2.01. The summed E-state index contributed by atoms with van der Waals surface area (Å²) in [6.07, 6.45) is -6.96. The molecule has 2 rings (SSSR count). The molecule has 0 saturated carbocycles. The van der Waals surface area contributed by atoms with Gasteiger partial charge in [-0.15, -0.1) is 0 Å². The van der Waals surface area contributed by atoms with Gasteiger partial charge in [-0.05, 0) is 13.0 Å². The highest BCUT2D eigenvalue weighted by Crippen LogP contribution is 2.20. The minimum Gasteiger partial charge on any atom is -0.382 e. The molecular formula is C13H16F3N3O. The second kappa shape index (κ2) is 5.80. The Hall–Kier alpha value is -1.60. The molecule has 1 aromatic heterocycles. The summed E-state index contributed by atoms with van der Waals surface area (Å²) in [5.41, 5.74) is 1.62. The van der Waals surface area contributed by atoms with Crippen molar-refractivity contribution in [2.75, 3.05) is 6.54 Å². The first-order chi connectivity index (χ1) is 9.43. The van der Waals surface area contributed by atoms with E-state index in [-0.39, 0.29) is 6.54 Å². The lowest BCUT2D eigenvalue weighted by Crippen LogP contribution is -2.38. The molecule has 1 atom stereocenters. The molecule has 0 radical (unpaired) electrons. The van der Waals surface area contributed by atoms with Crippen molar-refractivity contribution in [3.05, 3.63) is 30.0 Å². The third kappa shape index (κ3) is 3.10. The third-order valence-electron chi connectivity index (χ3n) is 3.04. The standard InChI is InChI=1S/C13H16F3N3O/c1-2-19-11-6-4-3-5-9(11)10(18-19)7-17-8-12(20)13(14,15)16/h3-6,12,17,20H,2,7-8H2,1H3. The monoisotopic (exact) mass is 287 g/mol. The SMILES string of the molecule is CCn1nc(CNCC(O)C(F)(F)F)c2ccccc21. The number of para-hydroxylation sites is 1. The molecule has 0 aliphatic carbocycles. The molecule has 2 N–H and O–H groups in total. The van der Waals surface area contributed by atoms with Crippen molar-refractivity contribution in [1.82, 2.24) is 15.1 Å². The molecule has 7 heteroatoms. The molecule has 1 unspecified atom stereocenters. The highest BCUT2D eigenvalue weighted by molar-refractivity contribution is 5.81. The first kappa shape index (κ1) is 14.8. The topological polar surface area (TPSA) is 50.1 Å². The fraction of sp³-hybridized carbons (Fsp3) is 0.462. The van der Waals surface area contributed by atoms with Crippen LogP contribution in [0.2, 0.25) is 0 Å². The number of nitrogens with zero attached hydrogens (tertiary/aromatic N) is 2. The van der Waals surface area contributed by atoms with Crippen LogP contribution in [-0.2, 0) is 13.1 Å². The molecule has 0 fully saturated rings. The summed E-state index contributed by atoms with van der Waals surface area (Å²) in [7, 11) is 0. The molecule has 4 nitrogen and oxygen atoms in total. The van der Waals surface area contributed by atoms with Gasteiger partial charge in [-0.25, -0.2) is 0 Å². The van der Waals surface area contributed by atoms with Gasteiger partial charge < -0.3 is 10.4 Å². The van der Waals surface area contributed by atoms with E-state index in [0.29, 0.717) is 12.2 Å². The van der Waals surface area contributed by atoms with E-state index in [1.54, 1.807) is 4.68 Å². The van der Waals surface area contributed by atoms with E-state index in [9.17, 15) is 13.2 Å². The van der Waals surface area contributed by atoms with Crippen LogP contribution in [0.4, 0.5) is 13.2 Å². The van der Waals surface area contributed by atoms with Crippen LogP contribution >= 0.6 is 0 Å². The van der Waals surface area contributed by atoms with Crippen LogP contribution in [0.5, 0.6) is 0 Å². The minimum absolute atomic E-state index is 0.181. The highest BCUT2D eigenvalue weighted by atomic mass is 19.4. The van der Waals surface area contributed by atoms with Crippen molar-refractivity contribution >= 4 is 10.9 Å². The molecule has 2 aromatic rings. The van der Waals surface area contributed by atoms with Gasteiger partial charge in [0.15, 0.2) is 6.10 Å². The van der Waals surface area contributed by atoms with Gasteiger partial charge in [0.2, 0.25) is 0 Å². The Morgan fingerprint density at radius 3 is 2.70 bits per heavy atom. The number of halogens is 3. The van der Waals surface area contributed by atoms with Gasteiger partial charge >= 0.3 is 6.18 Å². The summed E-state index contributed by atoms with van der Waals surface area (Å²) in [6.45, 7) is 2.27. The maximum Gasteiger partial charge on any atom is 0.415 e. The summed E-state index contributed by atoms with van der Waals surface area (Å²) in [5, 5.41) is 16.8. The first-order valence-corrected chi connectivity index (χ1v) is 6.33. The van der Waals surface area contributed by atoms with Crippen molar-refractivity contribution in [2.24, 2.45) is 0 Å². The van der Waals surface area contributed by atoms with Gasteiger partial charge in [-0.3, -0.25) is 4.68 Å². The second-order valence-electron chi connectivity index (χ2n) is 4.47. The zero-order valence-corrected chi connectivity index (χ0v) is 11.0. The van der Waals surface area contributed by atoms with Gasteiger partial charge in [0.05, 0.1) is 11.2 Å². The number of aliphatic hydroxyl groups is 1. The number of alkyl halides is 3. The number of fused-ring (bicyclic) bond motifs is 1. The Balaban J connectivity index is 2.07. The van der Waals surface area contributed by atoms with Crippen molar-refractivity contribution in [1.29, 1.82) is 0 Å². The van der Waals surface area contributed by atoms with Crippen molar-refractivity contribution < 1.29 is 18.3 Å². The number of aryl methyl sites for hydroxylation is 1. The highest BCUT2D eigenvalue weighted by Gasteiger charge is 2.37. The van der Waals surface area contributed by atoms with E-state index in [0.717, 1.165) is 10.9 Å². The predicted octanol–water partition coefficient (Wildman–Crippen LogP) is 2.07. The number of aliphatic hydroxyl groups excluding tert-OH is 1. The zero-order chi connectivity index (χ0) is 14.8. The summed E-state index contributed by atoms with van der Waals surface area (Å²) in [6, 6.07) is 7.55. The second-order valence-corrected chi connectivity index (χ2v) is 4.47. The van der Waals surface area contributed by atoms with Gasteiger partial charge in [-0.1, -0.05) is 18.2 Å². The Labute approximate surface area is 114 Å². The average molecular weight is 287 g/mol. The maximum atomic E-state index is 12.2. The number of benzene rings is 1. The van der Waals surface area contributed by atoms with Crippen LogP contribution in [0.25, 0.3) is 10.9 Å². The number of hydrogen-bond acceptors (Lipinski definition) is 3. The van der Waals surface area contributed by atoms with Crippen molar-refractivity contribution in [3.63, 3.8) is 0 Å². The third-order valence-corrected chi connectivity index (χ3v) is 3.04. The maximum absolute atomic E-state index is 12.2. The molecule has 0 amide bonds. The van der Waals surface area contributed by atoms with E-state index in [4.69, 9.17) is 5.11 Å². The van der Waals surface area contributed by atoms with Gasteiger partial charge in [0, 0.05) is 25.0 Å². The number of hydrogen-bond donors (Lipinski definition) is 2. The van der Waals surface area contributed by atoms with E-state index in [1.807, 2.05) is 31.2 Å². The lowest BCUT2D eigenvalue weighted by atomic mass is 10.2. The largest absolute Gasteiger partial charge is 0.415 e. The average Bonchev–Trinajstić information content (AvgIpc) is 2.76. The Morgan fingerprint density at radius 2 is 2.05 bits per heavy atom. The molecule has 20 heavy (non-hydrogen) atoms. The molecule has 110 valence electrons. The molecule has 1 aromatic carbocycles. The van der Waals surface area contributed by atoms with E-state index in [1.165, 1.54) is 0 Å². The predicted molar refractivity (Wildman–Crippen MR) is 69.2 cm³/mol. The zero-order valence-electron chi connectivity index (χ0n) is 11.0. The number of nitrogens with one attached hydrogen (secondary N) is 1. The summed E-state index contributed by atoms with van der Waals surface area (Å²) in [4.78, 5) is 0. The van der Waals surface area contributed by atoms with E-state index < -0.39 is 18.8 Å². The van der Waals surface area contributed by atoms with Crippen molar-refractivity contribution in [3.8, 4) is 0 Å². The minimum atomic E-state index is -4.60. The Kier molecular flexibility index (Phi) is 4.29. The summed E-state index contributed by atoms with van der Waals surface area (Å²) < 4.78 is 38.3. The Bertz CT molecular complexity index is 580. The van der Waals surface area contributed by atoms with E-state index >= 15 is 0 Å². The normalized spacial score (nSPS) is 13.8. The Morgan fingerprint density at radius 1 is 1.35 bits per heavy atom. The van der Waals surface area contributed by atoms with Gasteiger partial charge in [0.25, 0.3) is 0 Å². The molecule has 0 aliphatic heterocycles. The van der Waals surface area contributed by atoms with Crippen molar-refractivity contribution in [2.45, 2.75) is 32.3 Å². The van der Waals surface area contributed by atoms with Crippen LogP contribution in [0.3, 0.4) is 0 Å². The fourth-order valence-corrected chi connectivity index (χ4v) is 2.01. The summed E-state index contributed by atoms with van der Waals surface area (Å²) >= 11 is 0. The molecule has 1 heterocycles. The lowest BCUT2D eigenvalue weighted by Gasteiger charge is -2.14. The van der Waals surface area contributed by atoms with Gasteiger partial charge in [0.1, 0.15) is 0 Å². The lowest BCUT2D eigenvalue weighted by molar-refractivity contribution is -0.201. The first-order valence-electron chi connectivity index (χ1n) is 6.33. The molecular weight excluding hydrogens is 271 g/mol.